The Kier molecular flexibility index (Phi) is 7.33. The van der Waals surface area contributed by atoms with E-state index < -0.39 is 15.9 Å². The van der Waals surface area contributed by atoms with Crippen LogP contribution < -0.4 is 14.4 Å². The maximum absolute atomic E-state index is 13.4. The lowest BCUT2D eigenvalue weighted by molar-refractivity contribution is -0.114. The van der Waals surface area contributed by atoms with Gasteiger partial charge in [-0.15, -0.1) is 0 Å². The molecule has 3 aromatic carbocycles. The monoisotopic (exact) mass is 450 g/mol. The second-order valence-electron chi connectivity index (χ2n) is 7.34. The number of hydrogen-bond donors (Lipinski definition) is 1. The van der Waals surface area contributed by atoms with Crippen molar-refractivity contribution in [3.63, 3.8) is 0 Å². The summed E-state index contributed by atoms with van der Waals surface area (Å²) in [6.45, 7) is 7.37. The van der Waals surface area contributed by atoms with Gasteiger partial charge >= 0.3 is 0 Å². The molecule has 0 fully saturated rings. The van der Waals surface area contributed by atoms with Gasteiger partial charge in [-0.05, 0) is 50.2 Å². The lowest BCUT2D eigenvalue weighted by atomic mass is 10.2. The number of ether oxygens (including phenoxy) is 1. The fourth-order valence-corrected chi connectivity index (χ4v) is 4.43. The predicted octanol–water partition coefficient (Wildman–Crippen LogP) is 4.70. The molecule has 1 amide bonds. The van der Waals surface area contributed by atoms with Crippen molar-refractivity contribution >= 4 is 27.3 Å². The quantitative estimate of drug-likeness (QED) is 0.480. The van der Waals surface area contributed by atoms with Gasteiger partial charge in [0.05, 0.1) is 10.6 Å². The van der Waals surface area contributed by atoms with Gasteiger partial charge in [0.1, 0.15) is 18.9 Å². The minimum Gasteiger partial charge on any atom is -0.489 e. The summed E-state index contributed by atoms with van der Waals surface area (Å²) >= 11 is 0. The maximum atomic E-state index is 13.4. The van der Waals surface area contributed by atoms with E-state index in [0.717, 1.165) is 15.4 Å². The van der Waals surface area contributed by atoms with Crippen LogP contribution in [-0.4, -0.2) is 27.5 Å². The number of anilines is 2. The molecule has 6 nitrogen and oxygen atoms in total. The Hall–Kier alpha value is -3.58. The van der Waals surface area contributed by atoms with Gasteiger partial charge in [0.15, 0.2) is 0 Å². The van der Waals surface area contributed by atoms with Crippen LogP contribution in [0.25, 0.3) is 0 Å². The fraction of sp³-hybridized carbons (Fsp3) is 0.160. The van der Waals surface area contributed by atoms with Gasteiger partial charge in [-0.1, -0.05) is 54.1 Å². The van der Waals surface area contributed by atoms with Crippen LogP contribution in [0.5, 0.6) is 5.75 Å². The molecule has 0 saturated heterocycles. The van der Waals surface area contributed by atoms with Gasteiger partial charge in [-0.3, -0.25) is 9.10 Å². The number of nitrogens with one attached hydrogen (secondary N) is 1. The number of hydrogen-bond acceptors (Lipinski definition) is 4. The van der Waals surface area contributed by atoms with Crippen LogP contribution in [0.15, 0.2) is 90.3 Å². The second kappa shape index (κ2) is 10.2. The first kappa shape index (κ1) is 23.1. The van der Waals surface area contributed by atoms with Gasteiger partial charge in [0.25, 0.3) is 10.0 Å². The molecule has 0 aliphatic carbocycles. The van der Waals surface area contributed by atoms with Crippen molar-refractivity contribution in [3.8, 4) is 5.75 Å². The van der Waals surface area contributed by atoms with Crippen molar-refractivity contribution in [2.45, 2.75) is 18.7 Å². The molecule has 1 N–H and O–H groups in total. The summed E-state index contributed by atoms with van der Waals surface area (Å²) in [6.07, 6.45) is 1.63. The number of carbonyl (C=O) groups excluding carboxylic acids is 1. The summed E-state index contributed by atoms with van der Waals surface area (Å²) in [6, 6.07) is 20.5. The molecule has 7 heteroatoms. The predicted molar refractivity (Wildman–Crippen MR) is 128 cm³/mol. The van der Waals surface area contributed by atoms with Crippen LogP contribution >= 0.6 is 0 Å². The Labute approximate surface area is 189 Å². The highest BCUT2D eigenvalue weighted by molar-refractivity contribution is 7.92. The molecule has 0 radical (unpaired) electrons. The van der Waals surface area contributed by atoms with Gasteiger partial charge in [0, 0.05) is 11.8 Å². The first-order chi connectivity index (χ1) is 15.3. The zero-order valence-corrected chi connectivity index (χ0v) is 18.9. The Morgan fingerprint density at radius 3 is 2.25 bits per heavy atom. The molecule has 0 aliphatic rings. The number of sulfonamides is 1. The zero-order valence-electron chi connectivity index (χ0n) is 18.1. The molecule has 3 aromatic rings. The molecule has 0 saturated carbocycles. The molecule has 0 bridgehead atoms. The molecule has 166 valence electrons. The molecule has 0 unspecified atom stereocenters. The first-order valence-corrected chi connectivity index (χ1v) is 11.5. The fourth-order valence-electron chi connectivity index (χ4n) is 3.01. The molecule has 0 aliphatic heterocycles. The SMILES string of the molecule is C=CCOc1cccc(NC(=O)CN(c2ccc(C)cc2)S(=O)(=O)c2ccc(C)cc2)c1. The lowest BCUT2D eigenvalue weighted by Crippen LogP contribution is -2.38. The third-order valence-corrected chi connectivity index (χ3v) is 6.49. The van der Waals surface area contributed by atoms with Gasteiger partial charge < -0.3 is 10.1 Å². The highest BCUT2D eigenvalue weighted by Crippen LogP contribution is 2.25. The van der Waals surface area contributed by atoms with Crippen LogP contribution in [0.3, 0.4) is 0 Å². The highest BCUT2D eigenvalue weighted by Gasteiger charge is 2.27. The topological polar surface area (TPSA) is 75.7 Å². The van der Waals surface area contributed by atoms with Gasteiger partial charge in [0.2, 0.25) is 5.91 Å². The smallest absolute Gasteiger partial charge is 0.264 e. The first-order valence-electron chi connectivity index (χ1n) is 10.1. The summed E-state index contributed by atoms with van der Waals surface area (Å²) in [5, 5.41) is 2.75. The van der Waals surface area contributed by atoms with Crippen LogP contribution in [-0.2, 0) is 14.8 Å². The van der Waals surface area contributed by atoms with Crippen LogP contribution in [0.4, 0.5) is 11.4 Å². The third-order valence-electron chi connectivity index (χ3n) is 4.70. The zero-order chi connectivity index (χ0) is 23.1. The third kappa shape index (κ3) is 5.76. The summed E-state index contributed by atoms with van der Waals surface area (Å²) in [4.78, 5) is 13.0. The molecular weight excluding hydrogens is 424 g/mol. The standard InChI is InChI=1S/C25H26N2O4S/c1-4-16-31-23-7-5-6-21(17-23)26-25(28)18-27(22-12-8-19(2)9-13-22)32(29,30)24-14-10-20(3)11-15-24/h4-15,17H,1,16,18H2,2-3H3,(H,26,28). The molecule has 32 heavy (non-hydrogen) atoms. The van der Waals surface area contributed by atoms with Crippen molar-refractivity contribution in [1.82, 2.24) is 0 Å². The Bertz CT molecular complexity index is 1190. The normalized spacial score (nSPS) is 10.9. The Morgan fingerprint density at radius 2 is 1.62 bits per heavy atom. The Balaban J connectivity index is 1.87. The second-order valence-corrected chi connectivity index (χ2v) is 9.20. The summed E-state index contributed by atoms with van der Waals surface area (Å²) in [5.41, 5.74) is 2.85. The van der Waals surface area contributed by atoms with Crippen molar-refractivity contribution in [1.29, 1.82) is 0 Å². The molecule has 0 atom stereocenters. The van der Waals surface area contributed by atoms with E-state index >= 15 is 0 Å². The average Bonchev–Trinajstić information content (AvgIpc) is 2.77. The minimum atomic E-state index is -3.95. The van der Waals surface area contributed by atoms with Crippen molar-refractivity contribution < 1.29 is 17.9 Å². The van der Waals surface area contributed by atoms with E-state index in [-0.39, 0.29) is 11.4 Å². The number of carbonyl (C=O) groups is 1. The number of benzene rings is 3. The number of aryl methyl sites for hydroxylation is 2. The highest BCUT2D eigenvalue weighted by atomic mass is 32.2. The lowest BCUT2D eigenvalue weighted by Gasteiger charge is -2.24. The number of nitrogens with zero attached hydrogens (tertiary/aromatic N) is 1. The van der Waals surface area contributed by atoms with Crippen molar-refractivity contribution in [2.75, 3.05) is 22.8 Å². The van der Waals surface area contributed by atoms with Crippen molar-refractivity contribution in [2.24, 2.45) is 0 Å². The molecule has 0 aromatic heterocycles. The van der Waals surface area contributed by atoms with E-state index in [2.05, 4.69) is 11.9 Å². The van der Waals surface area contributed by atoms with E-state index in [4.69, 9.17) is 4.74 Å². The van der Waals surface area contributed by atoms with Gasteiger partial charge in [-0.25, -0.2) is 8.42 Å². The number of amides is 1. The van der Waals surface area contributed by atoms with E-state index in [1.807, 2.05) is 26.0 Å². The molecule has 0 heterocycles. The average molecular weight is 451 g/mol. The molecular formula is C25H26N2O4S. The number of rotatable bonds is 9. The van der Waals surface area contributed by atoms with Crippen LogP contribution in [0.2, 0.25) is 0 Å². The van der Waals surface area contributed by atoms with Crippen molar-refractivity contribution in [3.05, 3.63) is 96.6 Å². The summed E-state index contributed by atoms with van der Waals surface area (Å²) in [5.74, 6) is 0.104. The van der Waals surface area contributed by atoms with Crippen LogP contribution in [0.1, 0.15) is 11.1 Å². The van der Waals surface area contributed by atoms with E-state index in [9.17, 15) is 13.2 Å². The summed E-state index contributed by atoms with van der Waals surface area (Å²) in [7, 11) is -3.95. The molecule has 3 rings (SSSR count). The van der Waals surface area contributed by atoms with Gasteiger partial charge in [-0.2, -0.15) is 0 Å². The maximum Gasteiger partial charge on any atom is 0.264 e. The van der Waals surface area contributed by atoms with E-state index in [1.54, 1.807) is 66.7 Å². The van der Waals surface area contributed by atoms with Crippen LogP contribution in [0, 0.1) is 13.8 Å². The van der Waals surface area contributed by atoms with E-state index in [1.165, 1.54) is 0 Å². The molecule has 0 spiro atoms. The summed E-state index contributed by atoms with van der Waals surface area (Å²) < 4.78 is 33.4. The van der Waals surface area contributed by atoms with E-state index in [0.29, 0.717) is 23.7 Å². The Morgan fingerprint density at radius 1 is 1.00 bits per heavy atom. The largest absolute Gasteiger partial charge is 0.489 e. The minimum absolute atomic E-state index is 0.122.